The first-order valence-electron chi connectivity index (χ1n) is 6.25. The van der Waals surface area contributed by atoms with E-state index in [2.05, 4.69) is 21.2 Å². The number of amides is 1. The van der Waals surface area contributed by atoms with E-state index in [0.29, 0.717) is 27.0 Å². The maximum atomic E-state index is 14.0. The summed E-state index contributed by atoms with van der Waals surface area (Å²) < 4.78 is 19.5. The van der Waals surface area contributed by atoms with Crippen LogP contribution in [0.4, 0.5) is 10.1 Å². The molecule has 0 saturated carbocycles. The number of methoxy groups -OCH3 is 1. The van der Waals surface area contributed by atoms with Crippen molar-refractivity contribution in [3.8, 4) is 5.75 Å². The third-order valence-electron chi connectivity index (χ3n) is 3.29. The zero-order chi connectivity index (χ0) is 15.0. The van der Waals surface area contributed by atoms with Crippen molar-refractivity contribution in [2.75, 3.05) is 12.4 Å². The lowest BCUT2D eigenvalue weighted by Crippen LogP contribution is -2.03. The van der Waals surface area contributed by atoms with Gasteiger partial charge in [0.15, 0.2) is 0 Å². The van der Waals surface area contributed by atoms with Crippen LogP contribution in [0.1, 0.15) is 11.1 Å². The summed E-state index contributed by atoms with van der Waals surface area (Å²) in [5, 5.41) is 2.76. The predicted octanol–water partition coefficient (Wildman–Crippen LogP) is 4.09. The van der Waals surface area contributed by atoms with Crippen molar-refractivity contribution < 1.29 is 13.9 Å². The van der Waals surface area contributed by atoms with E-state index in [1.54, 1.807) is 49.6 Å². The van der Waals surface area contributed by atoms with E-state index in [1.807, 2.05) is 0 Å². The van der Waals surface area contributed by atoms with Gasteiger partial charge in [-0.2, -0.15) is 0 Å². The number of hydrogen-bond donors (Lipinski definition) is 1. The van der Waals surface area contributed by atoms with Crippen LogP contribution in [0.3, 0.4) is 0 Å². The number of carbonyl (C=O) groups excluding carboxylic acids is 1. The average molecular weight is 348 g/mol. The number of ether oxygens (including phenoxy) is 1. The van der Waals surface area contributed by atoms with Crippen LogP contribution in [0.15, 0.2) is 40.9 Å². The van der Waals surface area contributed by atoms with E-state index >= 15 is 0 Å². The highest BCUT2D eigenvalue weighted by molar-refractivity contribution is 9.10. The Labute approximate surface area is 129 Å². The monoisotopic (exact) mass is 347 g/mol. The molecule has 1 aliphatic rings. The van der Waals surface area contributed by atoms with Crippen molar-refractivity contribution in [3.05, 3.63) is 57.8 Å². The molecule has 2 aromatic rings. The second-order valence-electron chi connectivity index (χ2n) is 4.57. The van der Waals surface area contributed by atoms with Gasteiger partial charge < -0.3 is 10.1 Å². The Balaban J connectivity index is 2.10. The highest BCUT2D eigenvalue weighted by Gasteiger charge is 2.24. The molecule has 0 unspecified atom stereocenters. The average Bonchev–Trinajstić information content (AvgIpc) is 2.79. The van der Waals surface area contributed by atoms with E-state index in [1.165, 1.54) is 0 Å². The standard InChI is InChI=1S/C16H11BrFNO2/c1-21-10-5-6-11-12(16(20)19-14(11)8-10)7-9-3-2-4-13(17)15(9)18/h2-8H,1H3,(H,19,20). The number of benzene rings is 2. The lowest BCUT2D eigenvalue weighted by Gasteiger charge is -2.03. The summed E-state index contributed by atoms with van der Waals surface area (Å²) in [7, 11) is 1.56. The molecular weight excluding hydrogens is 337 g/mol. The molecule has 3 nitrogen and oxygen atoms in total. The second-order valence-corrected chi connectivity index (χ2v) is 5.42. The molecule has 5 heteroatoms. The molecule has 1 heterocycles. The molecule has 3 rings (SSSR count). The molecule has 0 bridgehead atoms. The number of halogens is 2. The van der Waals surface area contributed by atoms with Crippen LogP contribution in [-0.4, -0.2) is 13.0 Å². The summed E-state index contributed by atoms with van der Waals surface area (Å²) >= 11 is 3.14. The zero-order valence-corrected chi connectivity index (χ0v) is 12.7. The Bertz CT molecular complexity index is 771. The highest BCUT2D eigenvalue weighted by Crippen LogP contribution is 2.36. The lowest BCUT2D eigenvalue weighted by molar-refractivity contribution is -0.110. The quantitative estimate of drug-likeness (QED) is 0.831. The van der Waals surface area contributed by atoms with Gasteiger partial charge in [-0.1, -0.05) is 12.1 Å². The van der Waals surface area contributed by atoms with Crippen molar-refractivity contribution in [1.82, 2.24) is 0 Å². The first-order valence-corrected chi connectivity index (χ1v) is 7.05. The van der Waals surface area contributed by atoms with Crippen molar-refractivity contribution in [1.29, 1.82) is 0 Å². The van der Waals surface area contributed by atoms with E-state index in [-0.39, 0.29) is 11.7 Å². The van der Waals surface area contributed by atoms with Crippen LogP contribution in [0.25, 0.3) is 11.6 Å². The van der Waals surface area contributed by atoms with Crippen molar-refractivity contribution in [2.45, 2.75) is 0 Å². The number of nitrogens with one attached hydrogen (secondary N) is 1. The van der Waals surface area contributed by atoms with Gasteiger partial charge in [0.25, 0.3) is 5.91 Å². The molecule has 2 aromatic carbocycles. The third-order valence-corrected chi connectivity index (χ3v) is 3.90. The van der Waals surface area contributed by atoms with Gasteiger partial charge in [-0.15, -0.1) is 0 Å². The summed E-state index contributed by atoms with van der Waals surface area (Å²) in [6.45, 7) is 0. The molecule has 1 aliphatic heterocycles. The number of rotatable bonds is 2. The predicted molar refractivity (Wildman–Crippen MR) is 83.6 cm³/mol. The second kappa shape index (κ2) is 5.33. The van der Waals surface area contributed by atoms with E-state index in [0.717, 1.165) is 5.56 Å². The minimum absolute atomic E-state index is 0.252. The van der Waals surface area contributed by atoms with E-state index in [9.17, 15) is 9.18 Å². The fourth-order valence-electron chi connectivity index (χ4n) is 2.23. The zero-order valence-electron chi connectivity index (χ0n) is 11.1. The first kappa shape index (κ1) is 13.8. The molecule has 0 radical (unpaired) electrons. The lowest BCUT2D eigenvalue weighted by atomic mass is 10.0. The van der Waals surface area contributed by atoms with E-state index in [4.69, 9.17) is 4.74 Å². The number of carbonyl (C=O) groups is 1. The molecule has 1 amide bonds. The Hall–Kier alpha value is -2.14. The Morgan fingerprint density at radius 1 is 1.29 bits per heavy atom. The maximum absolute atomic E-state index is 14.0. The Morgan fingerprint density at radius 2 is 2.10 bits per heavy atom. The SMILES string of the molecule is COc1ccc2c(c1)NC(=O)C2=Cc1cccc(Br)c1F. The van der Waals surface area contributed by atoms with Gasteiger partial charge in [-0.3, -0.25) is 4.79 Å². The van der Waals surface area contributed by atoms with Crippen LogP contribution in [0.2, 0.25) is 0 Å². The van der Waals surface area contributed by atoms with Crippen molar-refractivity contribution >= 4 is 39.2 Å². The molecule has 106 valence electrons. The molecule has 21 heavy (non-hydrogen) atoms. The Kier molecular flexibility index (Phi) is 3.51. The van der Waals surface area contributed by atoms with Gasteiger partial charge in [0.1, 0.15) is 11.6 Å². The van der Waals surface area contributed by atoms with Crippen LogP contribution in [-0.2, 0) is 4.79 Å². The summed E-state index contributed by atoms with van der Waals surface area (Å²) in [6, 6.07) is 10.3. The summed E-state index contributed by atoms with van der Waals surface area (Å²) in [6.07, 6.45) is 1.55. The third kappa shape index (κ3) is 2.45. The molecule has 0 fully saturated rings. The molecule has 1 N–H and O–H groups in total. The van der Waals surface area contributed by atoms with Crippen LogP contribution in [0.5, 0.6) is 5.75 Å². The maximum Gasteiger partial charge on any atom is 0.256 e. The largest absolute Gasteiger partial charge is 0.497 e. The van der Waals surface area contributed by atoms with Gasteiger partial charge in [0.05, 0.1) is 17.3 Å². The highest BCUT2D eigenvalue weighted by atomic mass is 79.9. The summed E-state index contributed by atoms with van der Waals surface area (Å²) in [5.41, 5.74) is 2.20. The van der Waals surface area contributed by atoms with Crippen molar-refractivity contribution in [3.63, 3.8) is 0 Å². The molecule has 0 atom stereocenters. The minimum Gasteiger partial charge on any atom is -0.497 e. The van der Waals surface area contributed by atoms with Gasteiger partial charge in [0, 0.05) is 22.8 Å². The number of anilines is 1. The number of fused-ring (bicyclic) bond motifs is 1. The Morgan fingerprint density at radius 3 is 2.86 bits per heavy atom. The van der Waals surface area contributed by atoms with E-state index < -0.39 is 0 Å². The van der Waals surface area contributed by atoms with Crippen LogP contribution in [0, 0.1) is 5.82 Å². The summed E-state index contributed by atoms with van der Waals surface area (Å²) in [4.78, 5) is 12.1. The number of hydrogen-bond acceptors (Lipinski definition) is 2. The van der Waals surface area contributed by atoms with Gasteiger partial charge >= 0.3 is 0 Å². The fraction of sp³-hybridized carbons (Fsp3) is 0.0625. The first-order chi connectivity index (χ1) is 10.1. The fourth-order valence-corrected chi connectivity index (χ4v) is 2.61. The van der Waals surface area contributed by atoms with Gasteiger partial charge in [-0.25, -0.2) is 4.39 Å². The minimum atomic E-state index is -0.389. The normalized spacial score (nSPS) is 15.0. The van der Waals surface area contributed by atoms with Crippen LogP contribution >= 0.6 is 15.9 Å². The van der Waals surface area contributed by atoms with Gasteiger partial charge in [-0.05, 0) is 40.2 Å². The molecule has 0 saturated heterocycles. The van der Waals surface area contributed by atoms with Gasteiger partial charge in [0.2, 0.25) is 0 Å². The smallest absolute Gasteiger partial charge is 0.256 e. The molecule has 0 aliphatic carbocycles. The van der Waals surface area contributed by atoms with Crippen molar-refractivity contribution in [2.24, 2.45) is 0 Å². The summed E-state index contributed by atoms with van der Waals surface area (Å²) in [5.74, 6) is 0.0151. The molecular formula is C16H11BrFNO2. The topological polar surface area (TPSA) is 38.3 Å². The van der Waals surface area contributed by atoms with Crippen LogP contribution < -0.4 is 10.1 Å². The molecule has 0 spiro atoms. The molecule has 0 aromatic heterocycles.